The number of hydrogen-bond donors (Lipinski definition) is 1. The molecule has 0 aliphatic heterocycles. The van der Waals surface area contributed by atoms with Gasteiger partial charge in [0.05, 0.1) is 30.8 Å². The van der Waals surface area contributed by atoms with Crippen molar-refractivity contribution >= 4 is 23.6 Å². The number of azo groups is 1. The quantitative estimate of drug-likeness (QED) is 0.247. The molecule has 3 aromatic carbocycles. The molecule has 178 valence electrons. The second kappa shape index (κ2) is 10.4. The maximum absolute atomic E-state index is 13.6. The highest BCUT2D eigenvalue weighted by Crippen LogP contribution is 2.33. The molecule has 0 atom stereocenters. The van der Waals surface area contributed by atoms with E-state index in [-0.39, 0.29) is 10.5 Å². The molecule has 0 bridgehead atoms. The first-order valence-electron chi connectivity index (χ1n) is 10.9. The van der Waals surface area contributed by atoms with Crippen molar-refractivity contribution in [3.63, 3.8) is 0 Å². The Morgan fingerprint density at radius 1 is 0.943 bits per heavy atom. The second-order valence-electron chi connectivity index (χ2n) is 7.52. The minimum Gasteiger partial charge on any atom is -0.495 e. The summed E-state index contributed by atoms with van der Waals surface area (Å²) in [5.74, 6) is 0.674. The highest BCUT2D eigenvalue weighted by Gasteiger charge is 2.21. The van der Waals surface area contributed by atoms with Gasteiger partial charge in [0.1, 0.15) is 11.5 Å². The highest BCUT2D eigenvalue weighted by atomic mass is 32.1. The van der Waals surface area contributed by atoms with E-state index in [1.807, 2.05) is 32.0 Å². The summed E-state index contributed by atoms with van der Waals surface area (Å²) in [5.41, 5.74) is 1.51. The van der Waals surface area contributed by atoms with Crippen molar-refractivity contribution in [3.8, 4) is 28.8 Å². The molecule has 0 aliphatic carbocycles. The number of para-hydroxylation sites is 2. The fraction of sp³-hybridized carbons (Fsp3) is 0.154. The number of rotatable bonds is 7. The van der Waals surface area contributed by atoms with Crippen LogP contribution in [0.4, 0.5) is 11.4 Å². The van der Waals surface area contributed by atoms with Crippen LogP contribution in [-0.2, 0) is 0 Å². The van der Waals surface area contributed by atoms with Gasteiger partial charge in [-0.3, -0.25) is 13.9 Å². The molecular formula is C26H24N4O4S. The van der Waals surface area contributed by atoms with Gasteiger partial charge in [-0.05, 0) is 74.1 Å². The van der Waals surface area contributed by atoms with E-state index < -0.39 is 11.4 Å². The third-order valence-electron chi connectivity index (χ3n) is 5.32. The van der Waals surface area contributed by atoms with E-state index in [1.165, 1.54) is 16.2 Å². The van der Waals surface area contributed by atoms with Gasteiger partial charge in [-0.1, -0.05) is 30.3 Å². The molecular weight excluding hydrogens is 464 g/mol. The van der Waals surface area contributed by atoms with Gasteiger partial charge in [0, 0.05) is 0 Å². The average molecular weight is 489 g/mol. The Kier molecular flexibility index (Phi) is 7.07. The van der Waals surface area contributed by atoms with Gasteiger partial charge >= 0.3 is 0 Å². The van der Waals surface area contributed by atoms with Crippen LogP contribution >= 0.6 is 12.2 Å². The number of hydrogen-bond acceptors (Lipinski definition) is 7. The molecule has 0 amide bonds. The standard InChI is InChI=1S/C26H24N4O4S/c1-4-34-19-15-13-18(14-16-19)29-24(31)23(28-27-20-10-6-5-9-17(20)2)25(32)30(26(29)35)21-11-7-8-12-22(21)33-3/h5-16,32H,4H2,1-3H3. The van der Waals surface area contributed by atoms with Gasteiger partial charge in [0.25, 0.3) is 5.56 Å². The number of methoxy groups -OCH3 is 1. The number of nitrogens with zero attached hydrogens (tertiary/aromatic N) is 4. The van der Waals surface area contributed by atoms with Gasteiger partial charge in [0.2, 0.25) is 11.6 Å². The van der Waals surface area contributed by atoms with Crippen LogP contribution in [-0.4, -0.2) is 28.0 Å². The lowest BCUT2D eigenvalue weighted by Gasteiger charge is -2.18. The van der Waals surface area contributed by atoms with Crippen LogP contribution in [0.25, 0.3) is 11.4 Å². The minimum absolute atomic E-state index is 0.0380. The first-order chi connectivity index (χ1) is 17.0. The number of ether oxygens (including phenoxy) is 2. The maximum atomic E-state index is 13.6. The molecule has 0 saturated heterocycles. The summed E-state index contributed by atoms with van der Waals surface area (Å²) in [7, 11) is 1.51. The number of benzene rings is 3. The molecule has 0 spiro atoms. The molecule has 0 aliphatic rings. The molecule has 0 unspecified atom stereocenters. The van der Waals surface area contributed by atoms with E-state index in [0.29, 0.717) is 35.2 Å². The van der Waals surface area contributed by atoms with Gasteiger partial charge in [-0.25, -0.2) is 0 Å². The van der Waals surface area contributed by atoms with Crippen molar-refractivity contribution in [2.24, 2.45) is 10.2 Å². The summed E-state index contributed by atoms with van der Waals surface area (Å²) >= 11 is 5.69. The maximum Gasteiger partial charge on any atom is 0.290 e. The lowest BCUT2D eigenvalue weighted by molar-refractivity contribution is 0.340. The normalized spacial score (nSPS) is 11.1. The smallest absolute Gasteiger partial charge is 0.290 e. The number of aryl methyl sites for hydroxylation is 1. The Hall–Kier alpha value is -4.24. The van der Waals surface area contributed by atoms with Crippen molar-refractivity contribution < 1.29 is 14.6 Å². The second-order valence-corrected chi connectivity index (χ2v) is 7.88. The van der Waals surface area contributed by atoms with Crippen LogP contribution in [0.3, 0.4) is 0 Å². The third kappa shape index (κ3) is 4.71. The van der Waals surface area contributed by atoms with Crippen molar-refractivity contribution in [1.82, 2.24) is 9.13 Å². The van der Waals surface area contributed by atoms with Crippen molar-refractivity contribution in [1.29, 1.82) is 0 Å². The Labute approximate surface area is 207 Å². The monoisotopic (exact) mass is 488 g/mol. The molecule has 1 N–H and O–H groups in total. The summed E-state index contributed by atoms with van der Waals surface area (Å²) in [4.78, 5) is 13.6. The predicted octanol–water partition coefficient (Wildman–Crippen LogP) is 6.19. The molecule has 4 rings (SSSR count). The zero-order chi connectivity index (χ0) is 24.9. The predicted molar refractivity (Wildman–Crippen MR) is 137 cm³/mol. The molecule has 8 nitrogen and oxygen atoms in total. The SMILES string of the molecule is CCOc1ccc(-n2c(=O)c(N=Nc3ccccc3C)c(O)n(-c3ccccc3OC)c2=S)cc1. The number of aromatic nitrogens is 2. The molecule has 4 aromatic rings. The van der Waals surface area contributed by atoms with E-state index in [2.05, 4.69) is 10.2 Å². The molecule has 35 heavy (non-hydrogen) atoms. The van der Waals surface area contributed by atoms with Crippen LogP contribution in [0.5, 0.6) is 17.4 Å². The third-order valence-corrected chi connectivity index (χ3v) is 5.68. The lowest BCUT2D eigenvalue weighted by atomic mass is 10.2. The molecule has 0 radical (unpaired) electrons. The summed E-state index contributed by atoms with van der Waals surface area (Å²) in [6, 6.07) is 21.3. The summed E-state index contributed by atoms with van der Waals surface area (Å²) < 4.78 is 13.7. The molecule has 1 heterocycles. The van der Waals surface area contributed by atoms with Crippen LogP contribution in [0.1, 0.15) is 12.5 Å². The van der Waals surface area contributed by atoms with Gasteiger partial charge in [0.15, 0.2) is 4.77 Å². The summed E-state index contributed by atoms with van der Waals surface area (Å²) in [6.07, 6.45) is 0. The minimum atomic E-state index is -0.611. The topological polar surface area (TPSA) is 90.3 Å². The molecule has 0 saturated carbocycles. The van der Waals surface area contributed by atoms with Crippen molar-refractivity contribution in [2.75, 3.05) is 13.7 Å². The Bertz CT molecular complexity index is 1510. The van der Waals surface area contributed by atoms with Gasteiger partial charge < -0.3 is 14.6 Å². The number of aromatic hydroxyl groups is 1. The summed E-state index contributed by atoms with van der Waals surface area (Å²) in [5, 5.41) is 19.6. The Balaban J connectivity index is 2.01. The molecule has 9 heteroatoms. The van der Waals surface area contributed by atoms with Crippen molar-refractivity contribution in [3.05, 3.63) is 93.5 Å². The van der Waals surface area contributed by atoms with E-state index >= 15 is 0 Å². The summed E-state index contributed by atoms with van der Waals surface area (Å²) in [6.45, 7) is 4.29. The van der Waals surface area contributed by atoms with Crippen LogP contribution in [0.15, 0.2) is 87.8 Å². The van der Waals surface area contributed by atoms with Crippen LogP contribution in [0.2, 0.25) is 0 Å². The Morgan fingerprint density at radius 3 is 2.31 bits per heavy atom. The van der Waals surface area contributed by atoms with Crippen LogP contribution < -0.4 is 15.0 Å². The zero-order valence-electron chi connectivity index (χ0n) is 19.5. The van der Waals surface area contributed by atoms with E-state index in [9.17, 15) is 9.90 Å². The Morgan fingerprint density at radius 2 is 1.63 bits per heavy atom. The first-order valence-corrected chi connectivity index (χ1v) is 11.3. The average Bonchev–Trinajstić information content (AvgIpc) is 2.86. The van der Waals surface area contributed by atoms with E-state index in [4.69, 9.17) is 21.7 Å². The fourth-order valence-corrected chi connectivity index (χ4v) is 3.94. The van der Waals surface area contributed by atoms with Crippen LogP contribution in [0, 0.1) is 11.7 Å². The van der Waals surface area contributed by atoms with E-state index in [0.717, 1.165) is 5.56 Å². The van der Waals surface area contributed by atoms with Gasteiger partial charge in [-0.15, -0.1) is 10.2 Å². The molecule has 0 fully saturated rings. The van der Waals surface area contributed by atoms with Crippen molar-refractivity contribution in [2.45, 2.75) is 13.8 Å². The fourth-order valence-electron chi connectivity index (χ4n) is 3.57. The zero-order valence-corrected chi connectivity index (χ0v) is 20.3. The first kappa shape index (κ1) is 23.9. The molecule has 1 aromatic heterocycles. The lowest BCUT2D eigenvalue weighted by Crippen LogP contribution is -2.23. The van der Waals surface area contributed by atoms with E-state index in [1.54, 1.807) is 54.6 Å². The largest absolute Gasteiger partial charge is 0.495 e. The van der Waals surface area contributed by atoms with Gasteiger partial charge in [-0.2, -0.15) is 0 Å². The highest BCUT2D eigenvalue weighted by molar-refractivity contribution is 7.71.